The zero-order valence-corrected chi connectivity index (χ0v) is 10.1. The van der Waals surface area contributed by atoms with Crippen LogP contribution in [0, 0.1) is 0 Å². The van der Waals surface area contributed by atoms with Crippen molar-refractivity contribution >= 4 is 11.6 Å². The van der Waals surface area contributed by atoms with E-state index in [1.807, 2.05) is 13.8 Å². The van der Waals surface area contributed by atoms with Crippen molar-refractivity contribution in [3.63, 3.8) is 0 Å². The smallest absolute Gasteiger partial charge is 0.255 e. The molecule has 0 aliphatic rings. The predicted molar refractivity (Wildman–Crippen MR) is 64.7 cm³/mol. The quantitative estimate of drug-likeness (QED) is 0.774. The Morgan fingerprint density at radius 3 is 2.35 bits per heavy atom. The summed E-state index contributed by atoms with van der Waals surface area (Å²) in [5, 5.41) is 5.71. The van der Waals surface area contributed by atoms with Crippen LogP contribution >= 0.6 is 0 Å². The summed E-state index contributed by atoms with van der Waals surface area (Å²) in [6, 6.07) is 1.65. The molecule has 0 amide bonds. The molecule has 0 saturated heterocycles. The van der Waals surface area contributed by atoms with Gasteiger partial charge in [-0.1, -0.05) is 13.8 Å². The second-order valence-electron chi connectivity index (χ2n) is 3.61. The molecule has 0 bridgehead atoms. The maximum Gasteiger partial charge on any atom is 0.255 e. The van der Waals surface area contributed by atoms with E-state index in [9.17, 15) is 8.78 Å². The number of hydrogen-bond acceptors (Lipinski definition) is 4. The average molecular weight is 244 g/mol. The zero-order chi connectivity index (χ0) is 12.7. The third-order valence-electron chi connectivity index (χ3n) is 2.08. The summed E-state index contributed by atoms with van der Waals surface area (Å²) in [6.07, 6.45) is -0.738. The molecule has 0 aliphatic heterocycles. The maximum atomic E-state index is 12.1. The third-order valence-corrected chi connectivity index (χ3v) is 2.08. The van der Waals surface area contributed by atoms with Gasteiger partial charge < -0.3 is 10.6 Å². The van der Waals surface area contributed by atoms with Gasteiger partial charge in [-0.15, -0.1) is 0 Å². The lowest BCUT2D eigenvalue weighted by molar-refractivity contribution is 0.163. The molecule has 17 heavy (non-hydrogen) atoms. The number of nitrogens with one attached hydrogen (secondary N) is 2. The van der Waals surface area contributed by atoms with Crippen LogP contribution in [0.15, 0.2) is 6.07 Å². The normalized spacial score (nSPS) is 10.6. The number of rotatable bonds is 7. The Morgan fingerprint density at radius 2 is 1.82 bits per heavy atom. The highest BCUT2D eigenvalue weighted by molar-refractivity contribution is 5.47. The van der Waals surface area contributed by atoms with Crippen molar-refractivity contribution in [1.82, 2.24) is 9.97 Å². The molecule has 0 radical (unpaired) electrons. The minimum atomic E-state index is -2.39. The van der Waals surface area contributed by atoms with Crippen molar-refractivity contribution < 1.29 is 8.78 Å². The van der Waals surface area contributed by atoms with Crippen LogP contribution in [0.4, 0.5) is 20.4 Å². The van der Waals surface area contributed by atoms with Crippen molar-refractivity contribution in [2.45, 2.75) is 33.1 Å². The highest BCUT2D eigenvalue weighted by Gasteiger charge is 2.06. The largest absolute Gasteiger partial charge is 0.370 e. The fourth-order valence-electron chi connectivity index (χ4n) is 1.27. The van der Waals surface area contributed by atoms with Gasteiger partial charge in [-0.2, -0.15) is 0 Å². The number of aromatic nitrogens is 2. The fraction of sp³-hybridized carbons (Fsp3) is 0.636. The first-order chi connectivity index (χ1) is 8.15. The van der Waals surface area contributed by atoms with Crippen molar-refractivity contribution in [3.05, 3.63) is 11.9 Å². The Hall–Kier alpha value is -1.46. The molecule has 1 rings (SSSR count). The van der Waals surface area contributed by atoms with Crippen molar-refractivity contribution in [2.24, 2.45) is 0 Å². The van der Waals surface area contributed by atoms with Crippen molar-refractivity contribution in [3.8, 4) is 0 Å². The molecular formula is C11H18F2N4. The Labute approximate surface area is 99.9 Å². The van der Waals surface area contributed by atoms with E-state index in [0.29, 0.717) is 23.9 Å². The topological polar surface area (TPSA) is 49.8 Å². The van der Waals surface area contributed by atoms with E-state index >= 15 is 0 Å². The van der Waals surface area contributed by atoms with E-state index in [4.69, 9.17) is 0 Å². The van der Waals surface area contributed by atoms with Crippen LogP contribution in [0.1, 0.15) is 26.1 Å². The lowest BCUT2D eigenvalue weighted by Crippen LogP contribution is -2.13. The molecule has 1 heterocycles. The second kappa shape index (κ2) is 6.98. The molecule has 0 fully saturated rings. The Kier molecular flexibility index (Phi) is 5.59. The third kappa shape index (κ3) is 4.93. The molecule has 0 aliphatic carbocycles. The van der Waals surface area contributed by atoms with Gasteiger partial charge in [-0.3, -0.25) is 0 Å². The molecule has 6 heteroatoms. The summed E-state index contributed by atoms with van der Waals surface area (Å²) >= 11 is 0. The molecule has 0 spiro atoms. The first kappa shape index (κ1) is 13.6. The fourth-order valence-corrected chi connectivity index (χ4v) is 1.27. The zero-order valence-electron chi connectivity index (χ0n) is 10.1. The SMILES string of the molecule is CCCNc1cc(NCC(F)F)nc(CC)n1. The first-order valence-electron chi connectivity index (χ1n) is 5.79. The highest BCUT2D eigenvalue weighted by Crippen LogP contribution is 2.12. The molecule has 0 saturated carbocycles. The first-order valence-corrected chi connectivity index (χ1v) is 5.79. The van der Waals surface area contributed by atoms with Crippen LogP contribution in [-0.4, -0.2) is 29.5 Å². The molecule has 1 aromatic rings. The second-order valence-corrected chi connectivity index (χ2v) is 3.61. The number of aryl methyl sites for hydroxylation is 1. The summed E-state index contributed by atoms with van der Waals surface area (Å²) in [5.41, 5.74) is 0. The summed E-state index contributed by atoms with van der Waals surface area (Å²) in [6.45, 7) is 4.38. The van der Waals surface area contributed by atoms with Crippen LogP contribution in [0.3, 0.4) is 0 Å². The average Bonchev–Trinajstić information content (AvgIpc) is 2.33. The molecule has 2 N–H and O–H groups in total. The number of alkyl halides is 2. The van der Waals surface area contributed by atoms with Gasteiger partial charge in [0.15, 0.2) is 0 Å². The summed E-state index contributed by atoms with van der Waals surface area (Å²) in [7, 11) is 0. The van der Waals surface area contributed by atoms with Crippen LogP contribution < -0.4 is 10.6 Å². The minimum absolute atomic E-state index is 0.395. The van der Waals surface area contributed by atoms with Gasteiger partial charge in [-0.05, 0) is 6.42 Å². The lowest BCUT2D eigenvalue weighted by Gasteiger charge is -2.10. The molecule has 96 valence electrons. The predicted octanol–water partition coefficient (Wildman–Crippen LogP) is 2.54. The van der Waals surface area contributed by atoms with Crippen LogP contribution in [0.5, 0.6) is 0 Å². The van der Waals surface area contributed by atoms with Gasteiger partial charge in [0.05, 0.1) is 6.54 Å². The summed E-state index contributed by atoms with van der Waals surface area (Å²) in [5.74, 6) is 1.76. The minimum Gasteiger partial charge on any atom is -0.370 e. The van der Waals surface area contributed by atoms with Gasteiger partial charge in [0.2, 0.25) is 0 Å². The van der Waals surface area contributed by atoms with Crippen molar-refractivity contribution in [2.75, 3.05) is 23.7 Å². The van der Waals surface area contributed by atoms with Gasteiger partial charge in [0.1, 0.15) is 17.5 Å². The monoisotopic (exact) mass is 244 g/mol. The number of hydrogen-bond donors (Lipinski definition) is 2. The van der Waals surface area contributed by atoms with Crippen LogP contribution in [0.25, 0.3) is 0 Å². The Bertz CT molecular complexity index is 344. The highest BCUT2D eigenvalue weighted by atomic mass is 19.3. The van der Waals surface area contributed by atoms with Crippen LogP contribution in [0.2, 0.25) is 0 Å². The molecule has 1 aromatic heterocycles. The van der Waals surface area contributed by atoms with E-state index in [0.717, 1.165) is 13.0 Å². The van der Waals surface area contributed by atoms with E-state index < -0.39 is 13.0 Å². The van der Waals surface area contributed by atoms with Crippen molar-refractivity contribution in [1.29, 1.82) is 0 Å². The molecule has 0 aromatic carbocycles. The number of nitrogens with zero attached hydrogens (tertiary/aromatic N) is 2. The van der Waals surface area contributed by atoms with E-state index in [-0.39, 0.29) is 0 Å². The summed E-state index contributed by atoms with van der Waals surface area (Å²) in [4.78, 5) is 8.40. The Morgan fingerprint density at radius 1 is 1.18 bits per heavy atom. The van der Waals surface area contributed by atoms with E-state index in [1.165, 1.54) is 0 Å². The summed E-state index contributed by atoms with van der Waals surface area (Å²) < 4.78 is 24.2. The molecule has 0 unspecified atom stereocenters. The number of halogens is 2. The van der Waals surface area contributed by atoms with Crippen LogP contribution in [-0.2, 0) is 6.42 Å². The van der Waals surface area contributed by atoms with E-state index in [1.54, 1.807) is 6.07 Å². The lowest BCUT2D eigenvalue weighted by atomic mass is 10.4. The van der Waals surface area contributed by atoms with Gasteiger partial charge in [-0.25, -0.2) is 18.7 Å². The van der Waals surface area contributed by atoms with Gasteiger partial charge in [0, 0.05) is 19.0 Å². The Balaban J connectivity index is 2.73. The van der Waals surface area contributed by atoms with Gasteiger partial charge >= 0.3 is 0 Å². The standard InChI is InChI=1S/C11H18F2N4/c1-3-5-14-10-6-11(15-7-8(12)13)17-9(4-2)16-10/h6,8H,3-5,7H2,1-2H3,(H2,14,15,16,17). The maximum absolute atomic E-state index is 12.1. The molecular weight excluding hydrogens is 226 g/mol. The molecule has 0 atom stereocenters. The van der Waals surface area contributed by atoms with Gasteiger partial charge in [0.25, 0.3) is 6.43 Å². The molecule has 4 nitrogen and oxygen atoms in total. The van der Waals surface area contributed by atoms with E-state index in [2.05, 4.69) is 20.6 Å². The number of anilines is 2.